The van der Waals surface area contributed by atoms with E-state index in [-0.39, 0.29) is 17.4 Å². The fourth-order valence-corrected chi connectivity index (χ4v) is 4.70. The lowest BCUT2D eigenvalue weighted by Crippen LogP contribution is -2.32. The van der Waals surface area contributed by atoms with Gasteiger partial charge >= 0.3 is 0 Å². The highest BCUT2D eigenvalue weighted by Gasteiger charge is 2.32. The predicted octanol–water partition coefficient (Wildman–Crippen LogP) is 4.01. The van der Waals surface area contributed by atoms with Crippen molar-refractivity contribution in [3.63, 3.8) is 0 Å². The lowest BCUT2D eigenvalue weighted by atomic mass is 10.0. The Bertz CT molecular complexity index is 1290. The molecule has 3 aromatic rings. The van der Waals surface area contributed by atoms with Crippen LogP contribution in [-0.4, -0.2) is 35.0 Å². The molecule has 2 heterocycles. The summed E-state index contributed by atoms with van der Waals surface area (Å²) >= 11 is 6.03. The molecule has 9 heteroatoms. The summed E-state index contributed by atoms with van der Waals surface area (Å²) in [5.41, 5.74) is 2.60. The third-order valence-corrected chi connectivity index (χ3v) is 6.72. The van der Waals surface area contributed by atoms with Crippen LogP contribution in [0.25, 0.3) is 6.08 Å². The number of carbonyl (C=O) groups excluding carboxylic acids is 2. The molecule has 1 atom stereocenters. The zero-order chi connectivity index (χ0) is 23.5. The zero-order valence-corrected chi connectivity index (χ0v) is 19.4. The average molecular weight is 482 g/mol. The number of methoxy groups -OCH3 is 1. The Morgan fingerprint density at radius 2 is 2.03 bits per heavy atom. The molecule has 4 rings (SSSR count). The number of ketones is 1. The third kappa shape index (κ3) is 4.81. The topological polar surface area (TPSA) is 88.6 Å². The number of allylic oxidation sites excluding steroid dienone is 1. The number of amides is 1. The van der Waals surface area contributed by atoms with E-state index in [1.54, 1.807) is 67.9 Å². The zero-order valence-electron chi connectivity index (χ0n) is 17.9. The Morgan fingerprint density at radius 1 is 1.21 bits per heavy atom. The lowest BCUT2D eigenvalue weighted by Gasteiger charge is -2.27. The molecule has 33 heavy (non-hydrogen) atoms. The molecule has 1 aliphatic rings. The van der Waals surface area contributed by atoms with E-state index in [1.165, 1.54) is 17.5 Å². The number of ether oxygens (including phenoxy) is 1. The van der Waals surface area contributed by atoms with E-state index >= 15 is 0 Å². The Morgan fingerprint density at radius 3 is 2.73 bits per heavy atom. The number of halogens is 1. The van der Waals surface area contributed by atoms with Gasteiger partial charge in [-0.3, -0.25) is 13.9 Å². The average Bonchev–Trinajstić information content (AvgIpc) is 2.83. The first-order valence-electron chi connectivity index (χ1n) is 9.96. The van der Waals surface area contributed by atoms with E-state index in [0.717, 1.165) is 5.56 Å². The van der Waals surface area contributed by atoms with Gasteiger partial charge in [0.1, 0.15) is 4.91 Å². The number of fused-ring (bicyclic) bond motifs is 1. The van der Waals surface area contributed by atoms with E-state index in [2.05, 4.69) is 10.3 Å². The maximum atomic E-state index is 13.2. The third-order valence-electron chi connectivity index (χ3n) is 5.11. The lowest BCUT2D eigenvalue weighted by molar-refractivity contribution is 0.0951. The van der Waals surface area contributed by atoms with E-state index in [9.17, 15) is 13.8 Å². The van der Waals surface area contributed by atoms with Gasteiger partial charge in [-0.25, -0.2) is 9.19 Å². The number of hydrogen-bond acceptors (Lipinski definition) is 5. The summed E-state index contributed by atoms with van der Waals surface area (Å²) in [6.07, 6.45) is 3.18. The minimum atomic E-state index is -1.69. The Labute approximate surface area is 198 Å². The SMILES string of the molecule is COc1ccc(CNC(=O)c2ccc3c(c2)C(=O)/C(=C/c2cccc(Cl)c2)S(=O)N3C)cn1. The van der Waals surface area contributed by atoms with Crippen molar-refractivity contribution in [1.82, 2.24) is 10.3 Å². The number of Topliss-reactive ketones (excluding diaryl/α,β-unsaturated/α-hetero) is 1. The first-order chi connectivity index (χ1) is 15.9. The van der Waals surface area contributed by atoms with Crippen LogP contribution in [0, 0.1) is 0 Å². The van der Waals surface area contributed by atoms with Gasteiger partial charge in [-0.1, -0.05) is 29.8 Å². The molecule has 0 spiro atoms. The minimum Gasteiger partial charge on any atom is -0.481 e. The van der Waals surface area contributed by atoms with E-state index in [4.69, 9.17) is 16.3 Å². The Balaban J connectivity index is 1.59. The van der Waals surface area contributed by atoms with Gasteiger partial charge in [0.15, 0.2) is 11.0 Å². The van der Waals surface area contributed by atoms with Crippen LogP contribution in [-0.2, 0) is 17.5 Å². The summed E-state index contributed by atoms with van der Waals surface area (Å²) < 4.78 is 19.5. The molecule has 0 bridgehead atoms. The highest BCUT2D eigenvalue weighted by Crippen LogP contribution is 2.33. The largest absolute Gasteiger partial charge is 0.481 e. The van der Waals surface area contributed by atoms with Crippen LogP contribution in [0.15, 0.2) is 65.7 Å². The van der Waals surface area contributed by atoms with Gasteiger partial charge in [-0.05, 0) is 47.5 Å². The van der Waals surface area contributed by atoms with Crippen molar-refractivity contribution in [3.8, 4) is 5.88 Å². The molecule has 0 radical (unpaired) electrons. The number of rotatable bonds is 5. The summed E-state index contributed by atoms with van der Waals surface area (Å²) in [6, 6.07) is 15.2. The summed E-state index contributed by atoms with van der Waals surface area (Å²) in [5, 5.41) is 3.33. The van der Waals surface area contributed by atoms with Gasteiger partial charge in [0.2, 0.25) is 11.7 Å². The van der Waals surface area contributed by atoms with E-state index < -0.39 is 16.8 Å². The number of hydrogen-bond donors (Lipinski definition) is 1. The Kier molecular flexibility index (Phi) is 6.57. The van der Waals surface area contributed by atoms with Crippen molar-refractivity contribution in [1.29, 1.82) is 0 Å². The van der Waals surface area contributed by atoms with Crippen LogP contribution in [0.1, 0.15) is 31.8 Å². The smallest absolute Gasteiger partial charge is 0.251 e. The number of carbonyl (C=O) groups is 2. The summed E-state index contributed by atoms with van der Waals surface area (Å²) in [7, 11) is 1.49. The van der Waals surface area contributed by atoms with Gasteiger partial charge in [-0.15, -0.1) is 0 Å². The number of nitrogens with one attached hydrogen (secondary N) is 1. The van der Waals surface area contributed by atoms with Crippen LogP contribution < -0.4 is 14.4 Å². The second-order valence-corrected chi connectivity index (χ2v) is 9.19. The van der Waals surface area contributed by atoms with Crippen LogP contribution in [0.5, 0.6) is 5.88 Å². The summed E-state index contributed by atoms with van der Waals surface area (Å²) in [4.78, 5) is 30.2. The number of aromatic nitrogens is 1. The van der Waals surface area contributed by atoms with Crippen LogP contribution in [0.4, 0.5) is 5.69 Å². The summed E-state index contributed by atoms with van der Waals surface area (Å²) in [5.74, 6) is -0.243. The fraction of sp³-hybridized carbons (Fsp3) is 0.125. The monoisotopic (exact) mass is 481 g/mol. The normalized spacial score (nSPS) is 16.5. The second kappa shape index (κ2) is 9.56. The molecule has 0 fully saturated rings. The van der Waals surface area contributed by atoms with Crippen molar-refractivity contribution in [2.75, 3.05) is 18.5 Å². The molecular formula is C24H20ClN3O4S. The van der Waals surface area contributed by atoms with Gasteiger partial charge in [-0.2, -0.15) is 0 Å². The van der Waals surface area contributed by atoms with Crippen LogP contribution in [0.3, 0.4) is 0 Å². The summed E-state index contributed by atoms with van der Waals surface area (Å²) in [6.45, 7) is 0.269. The van der Waals surface area contributed by atoms with E-state index in [1.807, 2.05) is 0 Å². The van der Waals surface area contributed by atoms with Gasteiger partial charge < -0.3 is 10.1 Å². The number of pyridine rings is 1. The van der Waals surface area contributed by atoms with Crippen molar-refractivity contribution in [2.24, 2.45) is 0 Å². The minimum absolute atomic E-state index is 0.120. The first-order valence-corrected chi connectivity index (χ1v) is 11.4. The molecule has 1 aliphatic heterocycles. The molecule has 0 saturated carbocycles. The highest BCUT2D eigenvalue weighted by molar-refractivity contribution is 7.91. The van der Waals surface area contributed by atoms with Crippen molar-refractivity contribution in [2.45, 2.75) is 6.54 Å². The molecule has 1 aromatic heterocycles. The number of nitrogens with zero attached hydrogens (tertiary/aromatic N) is 2. The number of anilines is 1. The predicted molar refractivity (Wildman–Crippen MR) is 129 cm³/mol. The molecule has 7 nitrogen and oxygen atoms in total. The molecule has 1 amide bonds. The van der Waals surface area contributed by atoms with Crippen LogP contribution in [0.2, 0.25) is 5.02 Å². The first kappa shape index (κ1) is 22.7. The fourth-order valence-electron chi connectivity index (χ4n) is 3.37. The maximum Gasteiger partial charge on any atom is 0.251 e. The van der Waals surface area contributed by atoms with Gasteiger partial charge in [0.05, 0.1) is 12.8 Å². The quantitative estimate of drug-likeness (QED) is 0.556. The second-order valence-electron chi connectivity index (χ2n) is 7.26. The van der Waals surface area contributed by atoms with Crippen molar-refractivity contribution in [3.05, 3.63) is 93.0 Å². The molecule has 2 aromatic carbocycles. The van der Waals surface area contributed by atoms with Gasteiger partial charge in [0.25, 0.3) is 5.91 Å². The molecule has 0 aliphatic carbocycles. The highest BCUT2D eigenvalue weighted by atomic mass is 35.5. The van der Waals surface area contributed by atoms with Crippen LogP contribution >= 0.6 is 11.6 Å². The molecule has 0 saturated heterocycles. The molecular weight excluding hydrogens is 462 g/mol. The number of benzene rings is 2. The molecule has 168 valence electrons. The molecule has 1 N–H and O–H groups in total. The van der Waals surface area contributed by atoms with Crippen molar-refractivity contribution >= 4 is 46.0 Å². The van der Waals surface area contributed by atoms with E-state index in [0.29, 0.717) is 33.3 Å². The maximum absolute atomic E-state index is 13.2. The molecule has 1 unspecified atom stereocenters. The Hall–Kier alpha value is -3.49. The van der Waals surface area contributed by atoms with Crippen molar-refractivity contribution < 1.29 is 18.5 Å². The van der Waals surface area contributed by atoms with Gasteiger partial charge in [0, 0.05) is 42.0 Å². The standard InChI is InChI=1S/C24H20ClN3O4S/c1-28-20-8-7-17(24(30)27-14-16-6-9-22(32-2)26-13-16)12-19(20)23(29)21(33(28)31)11-15-4-3-5-18(25)10-15/h3-13H,14H2,1-2H3,(H,27,30)/b21-11-.